The predicted octanol–water partition coefficient (Wildman–Crippen LogP) is 6.16. The maximum absolute atomic E-state index is 12.9. The smallest absolute Gasteiger partial charge is 0.293 e. The van der Waals surface area contributed by atoms with E-state index in [2.05, 4.69) is 21.6 Å². The molecule has 0 aliphatic carbocycles. The minimum absolute atomic E-state index is 0.276. The van der Waals surface area contributed by atoms with Crippen LogP contribution in [0.25, 0.3) is 21.7 Å². The fourth-order valence-corrected chi connectivity index (χ4v) is 5.16. The summed E-state index contributed by atoms with van der Waals surface area (Å²) in [5, 5.41) is 23.3. The molecule has 8 heteroatoms. The van der Waals surface area contributed by atoms with Crippen LogP contribution in [0, 0.1) is 18.3 Å². The van der Waals surface area contributed by atoms with E-state index in [1.807, 2.05) is 55.5 Å². The Kier molecular flexibility index (Phi) is 5.35. The second-order valence-electron chi connectivity index (χ2n) is 7.14. The molecule has 0 radical (unpaired) electrons. The van der Waals surface area contributed by atoms with Crippen LogP contribution in [0.2, 0.25) is 0 Å². The molecule has 2 aromatic heterocycles. The van der Waals surface area contributed by atoms with Gasteiger partial charge in [-0.15, -0.1) is 10.2 Å². The van der Waals surface area contributed by atoms with Gasteiger partial charge >= 0.3 is 0 Å². The van der Waals surface area contributed by atoms with Gasteiger partial charge in [0.15, 0.2) is 10.1 Å². The maximum atomic E-state index is 12.9. The molecule has 0 bridgehead atoms. The molecule has 0 aliphatic heterocycles. The van der Waals surface area contributed by atoms with Gasteiger partial charge in [-0.05, 0) is 30.0 Å². The van der Waals surface area contributed by atoms with E-state index < -0.39 is 0 Å². The number of carbonyl (C=O) groups excluding carboxylic acids is 1. The molecule has 5 rings (SSSR count). The van der Waals surface area contributed by atoms with E-state index in [0.29, 0.717) is 22.0 Å². The Bertz CT molecular complexity index is 1500. The largest absolute Gasteiger partial charge is 0.450 e. The van der Waals surface area contributed by atoms with Crippen LogP contribution in [0.3, 0.4) is 0 Å². The first kappa shape index (κ1) is 20.2. The van der Waals surface area contributed by atoms with Crippen molar-refractivity contribution in [1.82, 2.24) is 10.2 Å². The first-order valence-corrected chi connectivity index (χ1v) is 11.6. The zero-order chi connectivity index (χ0) is 22.1. The van der Waals surface area contributed by atoms with Crippen molar-refractivity contribution in [3.8, 4) is 6.07 Å². The summed E-state index contributed by atoms with van der Waals surface area (Å²) in [5.41, 5.74) is 3.22. The molecular formula is C24H16N4O2S2. The number of anilines is 1. The van der Waals surface area contributed by atoms with Crippen molar-refractivity contribution < 1.29 is 9.21 Å². The van der Waals surface area contributed by atoms with Crippen molar-refractivity contribution in [2.45, 2.75) is 17.0 Å². The number of benzene rings is 3. The van der Waals surface area contributed by atoms with Crippen LogP contribution in [0.4, 0.5) is 5.13 Å². The molecule has 1 amide bonds. The van der Waals surface area contributed by atoms with Crippen LogP contribution in [-0.2, 0) is 5.75 Å². The highest BCUT2D eigenvalue weighted by Crippen LogP contribution is 2.33. The third kappa shape index (κ3) is 3.84. The van der Waals surface area contributed by atoms with Gasteiger partial charge in [-0.25, -0.2) is 0 Å². The minimum atomic E-state index is -0.345. The Morgan fingerprint density at radius 1 is 1.09 bits per heavy atom. The summed E-state index contributed by atoms with van der Waals surface area (Å²) in [4.78, 5) is 12.9. The fraction of sp³-hybridized carbons (Fsp3) is 0.0833. The van der Waals surface area contributed by atoms with Gasteiger partial charge < -0.3 is 4.42 Å². The topological polar surface area (TPSA) is 91.8 Å². The summed E-state index contributed by atoms with van der Waals surface area (Å²) in [6.45, 7) is 1.88. The number of furan rings is 1. The van der Waals surface area contributed by atoms with Gasteiger partial charge in [-0.2, -0.15) is 5.26 Å². The summed E-state index contributed by atoms with van der Waals surface area (Å²) in [6.07, 6.45) is 0. The number of hydrogen-bond donors (Lipinski definition) is 1. The Morgan fingerprint density at radius 2 is 1.91 bits per heavy atom. The molecule has 1 N–H and O–H groups in total. The van der Waals surface area contributed by atoms with Crippen molar-refractivity contribution in [3.05, 3.63) is 83.1 Å². The molecular weight excluding hydrogens is 440 g/mol. The number of thioether (sulfide) groups is 1. The first-order chi connectivity index (χ1) is 15.6. The van der Waals surface area contributed by atoms with Crippen molar-refractivity contribution in [2.24, 2.45) is 0 Å². The number of fused-ring (bicyclic) bond motifs is 3. The Labute approximate surface area is 191 Å². The summed E-state index contributed by atoms with van der Waals surface area (Å²) in [5.74, 6) is 0.630. The molecule has 156 valence electrons. The summed E-state index contributed by atoms with van der Waals surface area (Å²) < 4.78 is 6.74. The Hall–Kier alpha value is -3.67. The second-order valence-corrected chi connectivity index (χ2v) is 9.34. The highest BCUT2D eigenvalue weighted by atomic mass is 32.2. The lowest BCUT2D eigenvalue weighted by Gasteiger charge is -1.99. The van der Waals surface area contributed by atoms with E-state index in [0.717, 1.165) is 31.6 Å². The lowest BCUT2D eigenvalue weighted by Crippen LogP contribution is -2.11. The number of rotatable bonds is 5. The van der Waals surface area contributed by atoms with Crippen molar-refractivity contribution in [1.29, 1.82) is 5.26 Å². The van der Waals surface area contributed by atoms with Crippen molar-refractivity contribution in [2.75, 3.05) is 5.32 Å². The van der Waals surface area contributed by atoms with E-state index in [9.17, 15) is 4.79 Å². The SMILES string of the molecule is Cc1c(C(=O)Nc2nnc(SCc3ccc(C#N)cc3)s2)oc2c1ccc1ccccc12. The van der Waals surface area contributed by atoms with E-state index in [4.69, 9.17) is 9.68 Å². The number of hydrogen-bond acceptors (Lipinski definition) is 7. The number of aryl methyl sites for hydroxylation is 1. The lowest BCUT2D eigenvalue weighted by molar-refractivity contribution is 0.0998. The summed E-state index contributed by atoms with van der Waals surface area (Å²) in [6, 6.07) is 21.5. The third-order valence-electron chi connectivity index (χ3n) is 5.11. The van der Waals surface area contributed by atoms with Crippen LogP contribution in [0.1, 0.15) is 27.2 Å². The lowest BCUT2D eigenvalue weighted by atomic mass is 10.1. The zero-order valence-corrected chi connectivity index (χ0v) is 18.6. The fourth-order valence-electron chi connectivity index (χ4n) is 3.46. The molecule has 3 aromatic carbocycles. The Balaban J connectivity index is 1.31. The van der Waals surface area contributed by atoms with E-state index in [-0.39, 0.29) is 11.7 Å². The monoisotopic (exact) mass is 456 g/mol. The van der Waals surface area contributed by atoms with E-state index in [1.54, 1.807) is 12.1 Å². The highest BCUT2D eigenvalue weighted by Gasteiger charge is 2.20. The van der Waals surface area contributed by atoms with Crippen LogP contribution in [0.5, 0.6) is 0 Å². The first-order valence-electron chi connectivity index (χ1n) is 9.80. The average Bonchev–Trinajstić information content (AvgIpc) is 3.42. The molecule has 0 saturated carbocycles. The van der Waals surface area contributed by atoms with Gasteiger partial charge in [-0.3, -0.25) is 10.1 Å². The predicted molar refractivity (Wildman–Crippen MR) is 127 cm³/mol. The Morgan fingerprint density at radius 3 is 2.72 bits per heavy atom. The number of nitrogens with zero attached hydrogens (tertiary/aromatic N) is 3. The molecule has 0 fully saturated rings. The van der Waals surface area contributed by atoms with Gasteiger partial charge in [0.2, 0.25) is 5.13 Å². The van der Waals surface area contributed by atoms with E-state index >= 15 is 0 Å². The molecule has 6 nitrogen and oxygen atoms in total. The molecule has 0 aliphatic rings. The van der Waals surface area contributed by atoms with Gasteiger partial charge in [0, 0.05) is 22.1 Å². The quantitative estimate of drug-likeness (QED) is 0.251. The molecule has 0 saturated heterocycles. The normalized spacial score (nSPS) is 11.0. The number of nitrogens with one attached hydrogen (secondary N) is 1. The zero-order valence-electron chi connectivity index (χ0n) is 17.0. The molecule has 2 heterocycles. The van der Waals surface area contributed by atoms with E-state index in [1.165, 1.54) is 23.1 Å². The minimum Gasteiger partial charge on any atom is -0.450 e. The molecule has 32 heavy (non-hydrogen) atoms. The third-order valence-corrected chi connectivity index (χ3v) is 7.15. The van der Waals surface area contributed by atoms with Gasteiger partial charge in [0.1, 0.15) is 5.58 Å². The summed E-state index contributed by atoms with van der Waals surface area (Å²) >= 11 is 2.84. The number of carbonyl (C=O) groups is 1. The summed E-state index contributed by atoms with van der Waals surface area (Å²) in [7, 11) is 0. The van der Waals surface area contributed by atoms with Crippen molar-refractivity contribution >= 4 is 55.9 Å². The number of amides is 1. The second kappa shape index (κ2) is 8.46. The van der Waals surface area contributed by atoms with Gasteiger partial charge in [-0.1, -0.05) is 71.6 Å². The highest BCUT2D eigenvalue weighted by molar-refractivity contribution is 8.00. The molecule has 0 spiro atoms. The van der Waals surface area contributed by atoms with Crippen LogP contribution in [0.15, 0.2) is 69.4 Å². The van der Waals surface area contributed by atoms with Gasteiger partial charge in [0.25, 0.3) is 5.91 Å². The van der Waals surface area contributed by atoms with Gasteiger partial charge in [0.05, 0.1) is 11.6 Å². The number of aromatic nitrogens is 2. The average molecular weight is 457 g/mol. The van der Waals surface area contributed by atoms with Crippen LogP contribution < -0.4 is 5.32 Å². The molecule has 0 unspecified atom stereocenters. The molecule has 5 aromatic rings. The van der Waals surface area contributed by atoms with Crippen LogP contribution >= 0.6 is 23.1 Å². The standard InChI is InChI=1S/C24H16N4O2S2/c1-14-18-11-10-17-4-2-3-5-19(17)21(18)30-20(14)22(29)26-23-27-28-24(32-23)31-13-16-8-6-15(12-25)7-9-16/h2-11H,13H2,1H3,(H,26,27,29). The van der Waals surface area contributed by atoms with Crippen molar-refractivity contribution in [3.63, 3.8) is 0 Å². The number of nitriles is 1. The maximum Gasteiger partial charge on any atom is 0.293 e. The molecule has 0 atom stereocenters. The van der Waals surface area contributed by atoms with Crippen LogP contribution in [-0.4, -0.2) is 16.1 Å².